The van der Waals surface area contributed by atoms with E-state index in [1.54, 1.807) is 6.07 Å². The summed E-state index contributed by atoms with van der Waals surface area (Å²) in [5.74, 6) is -1.08. The second kappa shape index (κ2) is 6.41. The predicted molar refractivity (Wildman–Crippen MR) is 74.7 cm³/mol. The van der Waals surface area contributed by atoms with Gasteiger partial charge in [0.1, 0.15) is 5.75 Å². The first kappa shape index (κ1) is 14.4. The Balaban J connectivity index is 2.07. The third-order valence-corrected chi connectivity index (χ3v) is 3.65. The lowest BCUT2D eigenvalue weighted by Crippen LogP contribution is -2.24. The highest BCUT2D eigenvalue weighted by atomic mass is 16.4. The van der Waals surface area contributed by atoms with Gasteiger partial charge in [0.2, 0.25) is 5.91 Å². The molecule has 1 aromatic carbocycles. The van der Waals surface area contributed by atoms with Gasteiger partial charge in [-0.1, -0.05) is 25.3 Å². The van der Waals surface area contributed by atoms with Crippen LogP contribution in [0.5, 0.6) is 5.75 Å². The van der Waals surface area contributed by atoms with Crippen LogP contribution in [0.2, 0.25) is 0 Å². The number of hydrogen-bond acceptors (Lipinski definition) is 3. The number of anilines is 1. The van der Waals surface area contributed by atoms with Gasteiger partial charge in [-0.25, -0.2) is 0 Å². The number of rotatable bonds is 4. The van der Waals surface area contributed by atoms with Crippen molar-refractivity contribution in [2.24, 2.45) is 5.92 Å². The second-order valence-electron chi connectivity index (χ2n) is 5.25. The molecular weight excluding hydrogens is 258 g/mol. The summed E-state index contributed by atoms with van der Waals surface area (Å²) in [6.07, 6.45) is 4.91. The van der Waals surface area contributed by atoms with E-state index in [1.165, 1.54) is 18.6 Å². The molecule has 2 rings (SSSR count). The molecule has 5 nitrogen and oxygen atoms in total. The zero-order valence-electron chi connectivity index (χ0n) is 11.3. The van der Waals surface area contributed by atoms with Crippen LogP contribution in [-0.4, -0.2) is 22.1 Å². The number of carbonyl (C=O) groups is 2. The molecule has 1 fully saturated rings. The van der Waals surface area contributed by atoms with E-state index in [-0.39, 0.29) is 24.0 Å². The standard InChI is InChI=1S/C15H19NO4/c17-13-7-6-10(9-14(18)19)8-12(13)16-15(20)11-4-2-1-3-5-11/h6-8,11,17H,1-5,9H2,(H,16,20)(H,18,19). The summed E-state index contributed by atoms with van der Waals surface area (Å²) < 4.78 is 0. The minimum atomic E-state index is -0.944. The maximum Gasteiger partial charge on any atom is 0.307 e. The Morgan fingerprint density at radius 1 is 1.20 bits per heavy atom. The molecule has 0 aliphatic heterocycles. The molecule has 0 aromatic heterocycles. The Morgan fingerprint density at radius 2 is 1.90 bits per heavy atom. The van der Waals surface area contributed by atoms with Crippen molar-refractivity contribution >= 4 is 17.6 Å². The van der Waals surface area contributed by atoms with Gasteiger partial charge in [-0.3, -0.25) is 9.59 Å². The first-order valence-corrected chi connectivity index (χ1v) is 6.91. The molecule has 20 heavy (non-hydrogen) atoms. The number of phenolic OH excluding ortho intramolecular Hbond substituents is 1. The van der Waals surface area contributed by atoms with Crippen LogP contribution >= 0.6 is 0 Å². The van der Waals surface area contributed by atoms with Crippen LogP contribution in [0.4, 0.5) is 5.69 Å². The molecule has 1 aliphatic carbocycles. The van der Waals surface area contributed by atoms with Gasteiger partial charge in [0.05, 0.1) is 12.1 Å². The summed E-state index contributed by atoms with van der Waals surface area (Å²) in [6.45, 7) is 0. The third kappa shape index (κ3) is 3.73. The van der Waals surface area contributed by atoms with E-state index in [0.717, 1.165) is 25.7 Å². The fraction of sp³-hybridized carbons (Fsp3) is 0.467. The van der Waals surface area contributed by atoms with Crippen LogP contribution in [0.3, 0.4) is 0 Å². The minimum absolute atomic E-state index is 0.00807. The van der Waals surface area contributed by atoms with E-state index in [2.05, 4.69) is 5.32 Å². The average Bonchev–Trinajstić information content (AvgIpc) is 2.43. The maximum absolute atomic E-state index is 12.1. The van der Waals surface area contributed by atoms with Gasteiger partial charge in [0, 0.05) is 5.92 Å². The number of phenols is 1. The van der Waals surface area contributed by atoms with E-state index in [4.69, 9.17) is 5.11 Å². The summed E-state index contributed by atoms with van der Waals surface area (Å²) in [4.78, 5) is 22.8. The van der Waals surface area contributed by atoms with Crippen LogP contribution in [0.25, 0.3) is 0 Å². The molecule has 5 heteroatoms. The molecule has 0 atom stereocenters. The van der Waals surface area contributed by atoms with E-state index in [0.29, 0.717) is 11.3 Å². The topological polar surface area (TPSA) is 86.6 Å². The number of carboxylic acids is 1. The van der Waals surface area contributed by atoms with Crippen molar-refractivity contribution in [2.75, 3.05) is 5.32 Å². The first-order chi connectivity index (χ1) is 9.56. The quantitative estimate of drug-likeness (QED) is 0.738. The lowest BCUT2D eigenvalue weighted by molar-refractivity contribution is -0.136. The third-order valence-electron chi connectivity index (χ3n) is 3.65. The molecule has 108 valence electrons. The van der Waals surface area contributed by atoms with Crippen molar-refractivity contribution in [1.29, 1.82) is 0 Å². The minimum Gasteiger partial charge on any atom is -0.506 e. The highest BCUT2D eigenvalue weighted by molar-refractivity contribution is 5.94. The summed E-state index contributed by atoms with van der Waals surface area (Å²) in [7, 11) is 0. The van der Waals surface area contributed by atoms with Crippen molar-refractivity contribution in [2.45, 2.75) is 38.5 Å². The van der Waals surface area contributed by atoms with Crippen molar-refractivity contribution in [1.82, 2.24) is 0 Å². The number of amides is 1. The number of hydrogen-bond donors (Lipinski definition) is 3. The monoisotopic (exact) mass is 277 g/mol. The summed E-state index contributed by atoms with van der Waals surface area (Å²) in [5.41, 5.74) is 0.841. The molecular formula is C15H19NO4. The van der Waals surface area contributed by atoms with Gasteiger partial charge in [-0.2, -0.15) is 0 Å². The molecule has 0 spiro atoms. The lowest BCUT2D eigenvalue weighted by Gasteiger charge is -2.21. The van der Waals surface area contributed by atoms with Gasteiger partial charge in [0.15, 0.2) is 0 Å². The molecule has 0 heterocycles. The Morgan fingerprint density at radius 3 is 2.55 bits per heavy atom. The van der Waals surface area contributed by atoms with Crippen LogP contribution in [0.1, 0.15) is 37.7 Å². The van der Waals surface area contributed by atoms with Crippen LogP contribution in [-0.2, 0) is 16.0 Å². The van der Waals surface area contributed by atoms with Crippen LogP contribution in [0.15, 0.2) is 18.2 Å². The van der Waals surface area contributed by atoms with Crippen LogP contribution < -0.4 is 5.32 Å². The summed E-state index contributed by atoms with van der Waals surface area (Å²) in [5, 5.41) is 21.2. The lowest BCUT2D eigenvalue weighted by atomic mass is 9.88. The number of aliphatic carboxylic acids is 1. The largest absolute Gasteiger partial charge is 0.506 e. The highest BCUT2D eigenvalue weighted by Gasteiger charge is 2.21. The highest BCUT2D eigenvalue weighted by Crippen LogP contribution is 2.28. The van der Waals surface area contributed by atoms with E-state index >= 15 is 0 Å². The smallest absolute Gasteiger partial charge is 0.307 e. The molecule has 1 aromatic rings. The number of carboxylic acid groups (broad SMARTS) is 1. The zero-order valence-corrected chi connectivity index (χ0v) is 11.3. The van der Waals surface area contributed by atoms with Crippen LogP contribution in [0, 0.1) is 5.92 Å². The average molecular weight is 277 g/mol. The summed E-state index contributed by atoms with van der Waals surface area (Å²) in [6, 6.07) is 4.47. The fourth-order valence-corrected chi connectivity index (χ4v) is 2.57. The van der Waals surface area contributed by atoms with Crippen molar-refractivity contribution < 1.29 is 19.8 Å². The molecule has 0 radical (unpaired) electrons. The number of aromatic hydroxyl groups is 1. The molecule has 1 amide bonds. The predicted octanol–water partition coefficient (Wildman–Crippen LogP) is 2.54. The second-order valence-corrected chi connectivity index (χ2v) is 5.25. The first-order valence-electron chi connectivity index (χ1n) is 6.91. The number of nitrogens with one attached hydrogen (secondary N) is 1. The summed E-state index contributed by atoms with van der Waals surface area (Å²) >= 11 is 0. The Bertz CT molecular complexity index is 507. The Hall–Kier alpha value is -2.04. The SMILES string of the molecule is O=C(O)Cc1ccc(O)c(NC(=O)C2CCCCC2)c1. The molecule has 0 bridgehead atoms. The number of benzene rings is 1. The molecule has 0 saturated heterocycles. The van der Waals surface area contributed by atoms with E-state index in [9.17, 15) is 14.7 Å². The molecule has 1 saturated carbocycles. The van der Waals surface area contributed by atoms with Gasteiger partial charge < -0.3 is 15.5 Å². The molecule has 3 N–H and O–H groups in total. The van der Waals surface area contributed by atoms with Crippen molar-refractivity contribution in [3.8, 4) is 5.75 Å². The Kier molecular flexibility index (Phi) is 4.61. The van der Waals surface area contributed by atoms with Gasteiger partial charge in [-0.15, -0.1) is 0 Å². The van der Waals surface area contributed by atoms with Gasteiger partial charge in [-0.05, 0) is 30.5 Å². The zero-order chi connectivity index (χ0) is 14.5. The van der Waals surface area contributed by atoms with Gasteiger partial charge in [0.25, 0.3) is 0 Å². The van der Waals surface area contributed by atoms with Crippen molar-refractivity contribution in [3.05, 3.63) is 23.8 Å². The molecule has 0 unspecified atom stereocenters. The molecule has 1 aliphatic rings. The Labute approximate surface area is 117 Å². The normalized spacial score (nSPS) is 15.8. The van der Waals surface area contributed by atoms with E-state index in [1.807, 2.05) is 0 Å². The van der Waals surface area contributed by atoms with Gasteiger partial charge >= 0.3 is 5.97 Å². The number of carbonyl (C=O) groups excluding carboxylic acids is 1. The maximum atomic E-state index is 12.1. The van der Waals surface area contributed by atoms with Crippen molar-refractivity contribution in [3.63, 3.8) is 0 Å². The fourth-order valence-electron chi connectivity index (χ4n) is 2.57. The van der Waals surface area contributed by atoms with E-state index < -0.39 is 5.97 Å².